The molecule has 2 aliphatic rings. The normalized spacial score (nSPS) is 22.0. The van der Waals surface area contributed by atoms with E-state index in [0.717, 1.165) is 36.2 Å². The molecule has 0 aromatic carbocycles. The number of rotatable bonds is 6. The van der Waals surface area contributed by atoms with Gasteiger partial charge in [0.2, 0.25) is 5.91 Å². The van der Waals surface area contributed by atoms with Crippen molar-refractivity contribution in [1.82, 2.24) is 24.3 Å². The molecule has 4 heterocycles. The summed E-state index contributed by atoms with van der Waals surface area (Å²) in [6.45, 7) is 1.93. The number of β-amino-alcohol motifs (C(OH)–C–C–N with tert-alkyl or cyclic N) is 1. The van der Waals surface area contributed by atoms with Crippen LogP contribution in [0.3, 0.4) is 0 Å². The first-order valence-corrected chi connectivity index (χ1v) is 10.3. The molecule has 1 amide bonds. The summed E-state index contributed by atoms with van der Waals surface area (Å²) in [5.41, 5.74) is 2.68. The van der Waals surface area contributed by atoms with E-state index < -0.39 is 0 Å². The van der Waals surface area contributed by atoms with Crippen molar-refractivity contribution in [3.8, 4) is 17.0 Å². The maximum Gasteiger partial charge on any atom is 0.228 e. The zero-order chi connectivity index (χ0) is 20.8. The summed E-state index contributed by atoms with van der Waals surface area (Å²) < 4.78 is 9.59. The highest BCUT2D eigenvalue weighted by molar-refractivity contribution is 5.93. The number of aromatic nitrogens is 4. The van der Waals surface area contributed by atoms with Gasteiger partial charge in [-0.1, -0.05) is 0 Å². The number of hydrogen-bond acceptors (Lipinski definition) is 6. The smallest absolute Gasteiger partial charge is 0.228 e. The number of hydrogen-bond donors (Lipinski definition) is 2. The molecule has 9 heteroatoms. The van der Waals surface area contributed by atoms with Crippen molar-refractivity contribution in [2.24, 2.45) is 18.9 Å². The minimum atomic E-state index is -0.373. The zero-order valence-corrected chi connectivity index (χ0v) is 17.2. The second-order valence-corrected chi connectivity index (χ2v) is 8.42. The Morgan fingerprint density at radius 1 is 1.30 bits per heavy atom. The maximum atomic E-state index is 12.0. The fourth-order valence-electron chi connectivity index (χ4n) is 4.05. The molecule has 0 unspecified atom stereocenters. The predicted molar refractivity (Wildman–Crippen MR) is 111 cm³/mol. The number of ether oxygens (including phenoxy) is 1. The lowest BCUT2D eigenvalue weighted by Gasteiger charge is -2.15. The van der Waals surface area contributed by atoms with E-state index in [0.29, 0.717) is 24.7 Å². The summed E-state index contributed by atoms with van der Waals surface area (Å²) in [5, 5.41) is 21.9. The van der Waals surface area contributed by atoms with Crippen LogP contribution < -0.4 is 10.1 Å². The monoisotopic (exact) mass is 410 g/mol. The van der Waals surface area contributed by atoms with Crippen LogP contribution in [-0.2, 0) is 11.8 Å². The van der Waals surface area contributed by atoms with Gasteiger partial charge in [0.05, 0.1) is 24.4 Å². The van der Waals surface area contributed by atoms with Crippen LogP contribution >= 0.6 is 0 Å². The van der Waals surface area contributed by atoms with Crippen LogP contribution in [-0.4, -0.2) is 68.2 Å². The number of nitrogens with zero attached hydrogens (tertiary/aromatic N) is 5. The molecule has 0 radical (unpaired) electrons. The van der Waals surface area contributed by atoms with Gasteiger partial charge in [-0.2, -0.15) is 10.2 Å². The molecular formula is C21H26N6O3. The Hall–Kier alpha value is -2.91. The van der Waals surface area contributed by atoms with Crippen molar-refractivity contribution in [3.05, 3.63) is 30.6 Å². The van der Waals surface area contributed by atoms with E-state index in [1.54, 1.807) is 15.4 Å². The Labute approximate surface area is 174 Å². The van der Waals surface area contributed by atoms with E-state index in [1.807, 2.05) is 38.5 Å². The van der Waals surface area contributed by atoms with Gasteiger partial charge < -0.3 is 20.1 Å². The van der Waals surface area contributed by atoms with Crippen LogP contribution in [0.5, 0.6) is 5.75 Å². The van der Waals surface area contributed by atoms with Crippen LogP contribution in [0.2, 0.25) is 0 Å². The average Bonchev–Trinajstić information content (AvgIpc) is 3.28. The van der Waals surface area contributed by atoms with E-state index >= 15 is 0 Å². The molecule has 3 aromatic rings. The van der Waals surface area contributed by atoms with Crippen LogP contribution in [0.25, 0.3) is 16.8 Å². The molecule has 158 valence electrons. The standard InChI is InChI=1S/C21H26N6O3/c1-25-10-15(17(28)11-25)12-30-18-9-22-26(2)20(18)14-5-6-27-16(7-14)8-19(24-27)23-21(29)13-3-4-13/h5-9,13,15,17,28H,3-4,10-12H2,1-2H3,(H,23,24,29)/t15-,17+/m1/s1. The second-order valence-electron chi connectivity index (χ2n) is 8.42. The fraction of sp³-hybridized carbons (Fsp3) is 0.476. The molecule has 30 heavy (non-hydrogen) atoms. The van der Waals surface area contributed by atoms with Gasteiger partial charge in [0.25, 0.3) is 0 Å². The molecule has 2 N–H and O–H groups in total. The van der Waals surface area contributed by atoms with Crippen molar-refractivity contribution in [2.45, 2.75) is 18.9 Å². The molecule has 5 rings (SSSR count). The number of aryl methyl sites for hydroxylation is 1. The lowest BCUT2D eigenvalue weighted by molar-refractivity contribution is -0.117. The SMILES string of the molecule is CN1C[C@H](COc2cnn(C)c2-c2ccn3nc(NC(=O)C4CC4)cc3c2)[C@@H](O)C1. The van der Waals surface area contributed by atoms with E-state index in [9.17, 15) is 9.90 Å². The molecule has 1 aliphatic heterocycles. The van der Waals surface area contributed by atoms with Crippen molar-refractivity contribution in [3.63, 3.8) is 0 Å². The van der Waals surface area contributed by atoms with Crippen molar-refractivity contribution < 1.29 is 14.6 Å². The van der Waals surface area contributed by atoms with E-state index in [1.165, 1.54) is 0 Å². The molecule has 1 saturated carbocycles. The number of anilines is 1. The number of likely N-dealkylation sites (N-methyl/N-ethyl adjacent to an activating group) is 1. The Kier molecular flexibility index (Phi) is 4.71. The van der Waals surface area contributed by atoms with Gasteiger partial charge in [0.1, 0.15) is 5.69 Å². The Balaban J connectivity index is 1.36. The highest BCUT2D eigenvalue weighted by Crippen LogP contribution is 2.32. The molecule has 3 aromatic heterocycles. The van der Waals surface area contributed by atoms with Gasteiger partial charge in [-0.3, -0.25) is 9.48 Å². The molecule has 2 fully saturated rings. The van der Waals surface area contributed by atoms with Crippen LogP contribution in [0.1, 0.15) is 12.8 Å². The van der Waals surface area contributed by atoms with Gasteiger partial charge in [0.15, 0.2) is 11.6 Å². The summed E-state index contributed by atoms with van der Waals surface area (Å²) in [4.78, 5) is 14.1. The quantitative estimate of drug-likeness (QED) is 0.637. The topological polar surface area (TPSA) is 96.9 Å². The third-order valence-corrected chi connectivity index (χ3v) is 5.88. The summed E-state index contributed by atoms with van der Waals surface area (Å²) in [6, 6.07) is 5.82. The molecular weight excluding hydrogens is 384 g/mol. The molecule has 1 aliphatic carbocycles. The maximum absolute atomic E-state index is 12.0. The number of carbonyl (C=O) groups is 1. The van der Waals surface area contributed by atoms with Crippen LogP contribution in [0.15, 0.2) is 30.6 Å². The van der Waals surface area contributed by atoms with Crippen LogP contribution in [0, 0.1) is 11.8 Å². The van der Waals surface area contributed by atoms with E-state index in [4.69, 9.17) is 4.74 Å². The lowest BCUT2D eigenvalue weighted by Crippen LogP contribution is -2.24. The van der Waals surface area contributed by atoms with Gasteiger partial charge in [-0.15, -0.1) is 0 Å². The molecule has 2 atom stereocenters. The number of nitrogens with one attached hydrogen (secondary N) is 1. The first kappa shape index (κ1) is 19.1. The number of carbonyl (C=O) groups excluding carboxylic acids is 1. The zero-order valence-electron chi connectivity index (χ0n) is 17.2. The summed E-state index contributed by atoms with van der Waals surface area (Å²) in [6.07, 6.45) is 5.12. The average molecular weight is 410 g/mol. The minimum Gasteiger partial charge on any atom is -0.489 e. The number of aliphatic hydroxyl groups is 1. The van der Waals surface area contributed by atoms with E-state index in [-0.39, 0.29) is 23.8 Å². The first-order chi connectivity index (χ1) is 14.5. The lowest BCUT2D eigenvalue weighted by atomic mass is 10.1. The number of fused-ring (bicyclic) bond motifs is 1. The van der Waals surface area contributed by atoms with Crippen molar-refractivity contribution >= 4 is 17.2 Å². The third-order valence-electron chi connectivity index (χ3n) is 5.88. The Morgan fingerprint density at radius 3 is 2.87 bits per heavy atom. The number of likely N-dealkylation sites (tertiary alicyclic amines) is 1. The van der Waals surface area contributed by atoms with Gasteiger partial charge in [0, 0.05) is 49.8 Å². The van der Waals surface area contributed by atoms with Crippen molar-refractivity contribution in [1.29, 1.82) is 0 Å². The van der Waals surface area contributed by atoms with Gasteiger partial charge in [-0.05, 0) is 32.0 Å². The van der Waals surface area contributed by atoms with Gasteiger partial charge in [-0.25, -0.2) is 4.52 Å². The predicted octanol–water partition coefficient (Wildman–Crippen LogP) is 1.38. The number of amides is 1. The highest BCUT2D eigenvalue weighted by Gasteiger charge is 2.31. The molecule has 9 nitrogen and oxygen atoms in total. The van der Waals surface area contributed by atoms with Crippen LogP contribution in [0.4, 0.5) is 5.82 Å². The first-order valence-electron chi connectivity index (χ1n) is 10.3. The number of aliphatic hydroxyl groups excluding tert-OH is 1. The van der Waals surface area contributed by atoms with Gasteiger partial charge >= 0.3 is 0 Å². The number of pyridine rings is 1. The Bertz CT molecular complexity index is 1090. The van der Waals surface area contributed by atoms with Crippen molar-refractivity contribution in [2.75, 3.05) is 32.1 Å². The third kappa shape index (κ3) is 3.66. The molecule has 1 saturated heterocycles. The summed E-state index contributed by atoms with van der Waals surface area (Å²) >= 11 is 0. The molecule has 0 spiro atoms. The second kappa shape index (κ2) is 7.41. The summed E-state index contributed by atoms with van der Waals surface area (Å²) in [5.74, 6) is 1.51. The largest absolute Gasteiger partial charge is 0.489 e. The molecule has 0 bridgehead atoms. The minimum absolute atomic E-state index is 0.0423. The fourth-order valence-corrected chi connectivity index (χ4v) is 4.05. The van der Waals surface area contributed by atoms with E-state index in [2.05, 4.69) is 20.4 Å². The summed E-state index contributed by atoms with van der Waals surface area (Å²) in [7, 11) is 3.88. The Morgan fingerprint density at radius 2 is 2.13 bits per heavy atom. The highest BCUT2D eigenvalue weighted by atomic mass is 16.5.